The van der Waals surface area contributed by atoms with Gasteiger partial charge in [-0.1, -0.05) is 64.4 Å². The van der Waals surface area contributed by atoms with E-state index >= 15 is 0 Å². The first-order valence-electron chi connectivity index (χ1n) is 7.16. The van der Waals surface area contributed by atoms with Crippen LogP contribution in [0.5, 0.6) is 0 Å². The van der Waals surface area contributed by atoms with Crippen molar-refractivity contribution in [3.63, 3.8) is 0 Å². The molecule has 4 nitrogen and oxygen atoms in total. The Bertz CT molecular complexity index is 795. The van der Waals surface area contributed by atoms with Crippen molar-refractivity contribution in [3.8, 4) is 11.3 Å². The first kappa shape index (κ1) is 15.3. The van der Waals surface area contributed by atoms with Crippen LogP contribution in [-0.4, -0.2) is 10.9 Å². The van der Waals surface area contributed by atoms with Crippen LogP contribution in [0, 0.1) is 0 Å². The van der Waals surface area contributed by atoms with Crippen LogP contribution in [0.3, 0.4) is 0 Å². The van der Waals surface area contributed by atoms with Crippen LogP contribution in [0.15, 0.2) is 70.3 Å². The molecule has 0 aliphatic heterocycles. The van der Waals surface area contributed by atoms with Crippen molar-refractivity contribution in [3.05, 3.63) is 77.0 Å². The number of hydrogen-bond acceptors (Lipinski definition) is 4. The van der Waals surface area contributed by atoms with E-state index in [1.54, 1.807) is 0 Å². The van der Waals surface area contributed by atoms with Gasteiger partial charge in [0.1, 0.15) is 5.69 Å². The molecule has 2 aromatic carbocycles. The number of aromatic nitrogens is 1. The Morgan fingerprint density at radius 1 is 1.13 bits per heavy atom. The number of benzene rings is 2. The van der Waals surface area contributed by atoms with Crippen molar-refractivity contribution < 1.29 is 9.36 Å². The topological polar surface area (TPSA) is 47.6 Å². The van der Waals surface area contributed by atoms with Gasteiger partial charge in [0.05, 0.1) is 5.71 Å². The molecule has 1 heterocycles. The van der Waals surface area contributed by atoms with Crippen molar-refractivity contribution in [1.29, 1.82) is 0 Å². The Labute approximate surface area is 139 Å². The molecule has 116 valence electrons. The van der Waals surface area contributed by atoms with E-state index in [4.69, 9.17) is 21.0 Å². The molecule has 5 heteroatoms. The van der Waals surface area contributed by atoms with Crippen LogP contribution in [-0.2, 0) is 11.4 Å². The lowest BCUT2D eigenvalue weighted by molar-refractivity contribution is 0.109. The Balaban J connectivity index is 1.62. The van der Waals surface area contributed by atoms with E-state index in [0.29, 0.717) is 10.8 Å². The van der Waals surface area contributed by atoms with Gasteiger partial charge in [0.2, 0.25) is 0 Å². The summed E-state index contributed by atoms with van der Waals surface area (Å²) in [5, 5.41) is 8.81. The predicted octanol–water partition coefficient (Wildman–Crippen LogP) is 4.94. The summed E-state index contributed by atoms with van der Waals surface area (Å²) in [5.74, 6) is 0.611. The number of oxime groups is 1. The maximum absolute atomic E-state index is 5.87. The van der Waals surface area contributed by atoms with Gasteiger partial charge in [-0.15, -0.1) is 0 Å². The number of hydrogen-bond donors (Lipinski definition) is 0. The molecule has 0 unspecified atom stereocenters. The van der Waals surface area contributed by atoms with Crippen molar-refractivity contribution in [2.24, 2.45) is 5.16 Å². The smallest absolute Gasteiger partial charge is 0.177 e. The third-order valence-corrected chi connectivity index (χ3v) is 3.55. The molecule has 23 heavy (non-hydrogen) atoms. The summed E-state index contributed by atoms with van der Waals surface area (Å²) in [5.41, 5.74) is 3.51. The fraction of sp³-hybridized carbons (Fsp3) is 0.111. The minimum atomic E-state index is 0.227. The number of rotatable bonds is 5. The molecule has 3 aromatic rings. The van der Waals surface area contributed by atoms with E-state index in [0.717, 1.165) is 22.5 Å². The second kappa shape index (κ2) is 7.11. The van der Waals surface area contributed by atoms with Crippen LogP contribution in [0.1, 0.15) is 18.2 Å². The van der Waals surface area contributed by atoms with Gasteiger partial charge in [-0.05, 0) is 24.6 Å². The molecule has 0 N–H and O–H groups in total. The summed E-state index contributed by atoms with van der Waals surface area (Å²) in [6.45, 7) is 2.12. The first-order valence-corrected chi connectivity index (χ1v) is 7.54. The third-order valence-electron chi connectivity index (χ3n) is 3.30. The average Bonchev–Trinajstić information content (AvgIpc) is 3.05. The van der Waals surface area contributed by atoms with E-state index in [9.17, 15) is 0 Å². The Morgan fingerprint density at radius 3 is 2.61 bits per heavy atom. The van der Waals surface area contributed by atoms with Gasteiger partial charge in [-0.3, -0.25) is 0 Å². The maximum atomic E-state index is 5.87. The summed E-state index contributed by atoms with van der Waals surface area (Å²) >= 11 is 5.87. The van der Waals surface area contributed by atoms with Crippen molar-refractivity contribution >= 4 is 17.3 Å². The maximum Gasteiger partial charge on any atom is 0.177 e. The van der Waals surface area contributed by atoms with E-state index in [-0.39, 0.29) is 6.61 Å². The van der Waals surface area contributed by atoms with Crippen molar-refractivity contribution in [2.45, 2.75) is 13.5 Å². The SMILES string of the molecule is C/C(=N\OCc1cc(-c2ccc(Cl)cc2)no1)c1ccccc1. The molecule has 0 aliphatic rings. The predicted molar refractivity (Wildman–Crippen MR) is 90.4 cm³/mol. The van der Waals surface area contributed by atoms with E-state index in [1.807, 2.05) is 67.6 Å². The largest absolute Gasteiger partial charge is 0.387 e. The van der Waals surface area contributed by atoms with Gasteiger partial charge in [0, 0.05) is 16.7 Å². The first-order chi connectivity index (χ1) is 11.2. The highest BCUT2D eigenvalue weighted by Crippen LogP contribution is 2.21. The molecule has 1 aromatic heterocycles. The molecule has 0 amide bonds. The summed E-state index contributed by atoms with van der Waals surface area (Å²) in [7, 11) is 0. The average molecular weight is 327 g/mol. The molecular formula is C18H15ClN2O2. The minimum absolute atomic E-state index is 0.227. The van der Waals surface area contributed by atoms with Crippen LogP contribution in [0.25, 0.3) is 11.3 Å². The highest BCUT2D eigenvalue weighted by molar-refractivity contribution is 6.30. The van der Waals surface area contributed by atoms with Gasteiger partial charge in [0.25, 0.3) is 0 Å². The molecular weight excluding hydrogens is 312 g/mol. The lowest BCUT2D eigenvalue weighted by Gasteiger charge is -2.00. The van der Waals surface area contributed by atoms with E-state index < -0.39 is 0 Å². The number of halogens is 1. The second-order valence-corrected chi connectivity index (χ2v) is 5.44. The van der Waals surface area contributed by atoms with E-state index in [1.165, 1.54) is 0 Å². The highest BCUT2D eigenvalue weighted by Gasteiger charge is 2.07. The van der Waals surface area contributed by atoms with Gasteiger partial charge in [-0.25, -0.2) is 0 Å². The normalized spacial score (nSPS) is 11.5. The molecule has 0 radical (unpaired) electrons. The monoisotopic (exact) mass is 326 g/mol. The summed E-state index contributed by atoms with van der Waals surface area (Å²) in [6, 6.07) is 19.1. The quantitative estimate of drug-likeness (QED) is 0.493. The van der Waals surface area contributed by atoms with Crippen molar-refractivity contribution in [1.82, 2.24) is 5.16 Å². The number of nitrogens with zero attached hydrogens (tertiary/aromatic N) is 2. The standard InChI is InChI=1S/C18H15ClN2O2/c1-13(14-5-3-2-4-6-14)20-22-12-17-11-18(21-23-17)15-7-9-16(19)10-8-15/h2-11H,12H2,1H3/b20-13+. The summed E-state index contributed by atoms with van der Waals surface area (Å²) < 4.78 is 5.26. The Hall–Kier alpha value is -2.59. The van der Waals surface area contributed by atoms with Crippen molar-refractivity contribution in [2.75, 3.05) is 0 Å². The fourth-order valence-electron chi connectivity index (χ4n) is 2.06. The molecule has 0 saturated carbocycles. The molecule has 0 aliphatic carbocycles. The summed E-state index contributed by atoms with van der Waals surface area (Å²) in [6.07, 6.45) is 0. The lowest BCUT2D eigenvalue weighted by atomic mass is 10.1. The second-order valence-electron chi connectivity index (χ2n) is 5.00. The molecule has 0 atom stereocenters. The molecule has 0 saturated heterocycles. The Kier molecular flexibility index (Phi) is 4.74. The molecule has 3 rings (SSSR count). The van der Waals surface area contributed by atoms with Gasteiger partial charge in [0.15, 0.2) is 12.4 Å². The fourth-order valence-corrected chi connectivity index (χ4v) is 2.19. The van der Waals surface area contributed by atoms with Crippen LogP contribution < -0.4 is 0 Å². The van der Waals surface area contributed by atoms with Crippen LogP contribution >= 0.6 is 11.6 Å². The Morgan fingerprint density at radius 2 is 1.87 bits per heavy atom. The van der Waals surface area contributed by atoms with Gasteiger partial charge in [-0.2, -0.15) is 0 Å². The van der Waals surface area contributed by atoms with Gasteiger partial charge >= 0.3 is 0 Å². The lowest BCUT2D eigenvalue weighted by Crippen LogP contribution is -1.95. The zero-order valence-electron chi connectivity index (χ0n) is 12.6. The van der Waals surface area contributed by atoms with E-state index in [2.05, 4.69) is 10.3 Å². The van der Waals surface area contributed by atoms with Crippen LogP contribution in [0.2, 0.25) is 5.02 Å². The molecule has 0 fully saturated rings. The third kappa shape index (κ3) is 3.99. The van der Waals surface area contributed by atoms with Crippen LogP contribution in [0.4, 0.5) is 0 Å². The zero-order chi connectivity index (χ0) is 16.1. The zero-order valence-corrected chi connectivity index (χ0v) is 13.3. The van der Waals surface area contributed by atoms with Gasteiger partial charge < -0.3 is 9.36 Å². The molecule has 0 bridgehead atoms. The highest BCUT2D eigenvalue weighted by atomic mass is 35.5. The molecule has 0 spiro atoms. The summed E-state index contributed by atoms with van der Waals surface area (Å²) in [4.78, 5) is 5.34. The minimum Gasteiger partial charge on any atom is -0.387 e.